The summed E-state index contributed by atoms with van der Waals surface area (Å²) in [4.78, 5) is 2.24. The number of hydrogen-bond acceptors (Lipinski definition) is 4. The van der Waals surface area contributed by atoms with Gasteiger partial charge in [-0.05, 0) is 18.7 Å². The molecule has 0 spiro atoms. The van der Waals surface area contributed by atoms with Crippen molar-refractivity contribution in [1.29, 1.82) is 5.26 Å². The van der Waals surface area contributed by atoms with Gasteiger partial charge in [-0.15, -0.1) is 0 Å². The Hall–Kier alpha value is -1.41. The zero-order chi connectivity index (χ0) is 14.8. The van der Waals surface area contributed by atoms with E-state index in [4.69, 9.17) is 4.74 Å². The SMILES string of the molecule is CCNC(C#N)(CN(CC)CCOC)c1ccccc1. The zero-order valence-electron chi connectivity index (χ0n) is 12.7. The van der Waals surface area contributed by atoms with E-state index in [1.54, 1.807) is 7.11 Å². The van der Waals surface area contributed by atoms with E-state index in [0.717, 1.165) is 25.2 Å². The van der Waals surface area contributed by atoms with Crippen molar-refractivity contribution in [2.75, 3.05) is 39.9 Å². The lowest BCUT2D eigenvalue weighted by Gasteiger charge is -2.33. The van der Waals surface area contributed by atoms with Gasteiger partial charge in [0.05, 0.1) is 12.7 Å². The van der Waals surface area contributed by atoms with Gasteiger partial charge in [0.25, 0.3) is 0 Å². The van der Waals surface area contributed by atoms with Crippen LogP contribution < -0.4 is 5.32 Å². The Balaban J connectivity index is 2.96. The molecule has 4 nitrogen and oxygen atoms in total. The molecule has 0 aliphatic carbocycles. The van der Waals surface area contributed by atoms with Gasteiger partial charge in [-0.25, -0.2) is 0 Å². The third-order valence-electron chi connectivity index (χ3n) is 3.46. The molecule has 4 heteroatoms. The lowest BCUT2D eigenvalue weighted by Crippen LogP contribution is -2.50. The maximum absolute atomic E-state index is 9.76. The number of rotatable bonds is 9. The molecule has 20 heavy (non-hydrogen) atoms. The predicted molar refractivity (Wildman–Crippen MR) is 81.4 cm³/mol. The smallest absolute Gasteiger partial charge is 0.145 e. The summed E-state index contributed by atoms with van der Waals surface area (Å²) in [6.07, 6.45) is 0. The summed E-state index contributed by atoms with van der Waals surface area (Å²) in [6.45, 7) is 7.94. The largest absolute Gasteiger partial charge is 0.383 e. The first-order valence-electron chi connectivity index (χ1n) is 7.15. The van der Waals surface area contributed by atoms with Gasteiger partial charge in [-0.2, -0.15) is 5.26 Å². The van der Waals surface area contributed by atoms with Crippen molar-refractivity contribution in [3.8, 4) is 6.07 Å². The van der Waals surface area contributed by atoms with Crippen LogP contribution in [0.25, 0.3) is 0 Å². The summed E-state index contributed by atoms with van der Waals surface area (Å²) >= 11 is 0. The molecule has 110 valence electrons. The number of nitrogens with zero attached hydrogens (tertiary/aromatic N) is 2. The van der Waals surface area contributed by atoms with Crippen LogP contribution in [0.4, 0.5) is 0 Å². The summed E-state index contributed by atoms with van der Waals surface area (Å²) in [6, 6.07) is 12.4. The molecule has 1 aromatic rings. The first kappa shape index (κ1) is 16.6. The fourth-order valence-electron chi connectivity index (χ4n) is 2.32. The molecule has 0 saturated carbocycles. The van der Waals surface area contributed by atoms with E-state index in [1.165, 1.54) is 0 Å². The summed E-state index contributed by atoms with van der Waals surface area (Å²) in [5.41, 5.74) is 0.347. The van der Waals surface area contributed by atoms with Crippen LogP contribution >= 0.6 is 0 Å². The second-order valence-corrected chi connectivity index (χ2v) is 4.78. The van der Waals surface area contributed by atoms with Crippen molar-refractivity contribution >= 4 is 0 Å². The van der Waals surface area contributed by atoms with E-state index in [9.17, 15) is 5.26 Å². The van der Waals surface area contributed by atoms with Crippen molar-refractivity contribution in [2.45, 2.75) is 19.4 Å². The Morgan fingerprint density at radius 2 is 2.00 bits per heavy atom. The highest BCUT2D eigenvalue weighted by Crippen LogP contribution is 2.21. The molecule has 1 N–H and O–H groups in total. The van der Waals surface area contributed by atoms with E-state index >= 15 is 0 Å². The van der Waals surface area contributed by atoms with Crippen LogP contribution in [0.3, 0.4) is 0 Å². The van der Waals surface area contributed by atoms with Crippen molar-refractivity contribution in [3.63, 3.8) is 0 Å². The van der Waals surface area contributed by atoms with E-state index in [2.05, 4.69) is 23.2 Å². The lowest BCUT2D eigenvalue weighted by atomic mass is 9.90. The zero-order valence-corrected chi connectivity index (χ0v) is 12.7. The highest BCUT2D eigenvalue weighted by atomic mass is 16.5. The van der Waals surface area contributed by atoms with Crippen LogP contribution in [-0.2, 0) is 10.3 Å². The molecule has 0 fully saturated rings. The first-order chi connectivity index (χ1) is 9.72. The molecule has 0 heterocycles. The van der Waals surface area contributed by atoms with Crippen LogP contribution in [0, 0.1) is 11.3 Å². The van der Waals surface area contributed by atoms with Crippen molar-refractivity contribution in [3.05, 3.63) is 35.9 Å². The van der Waals surface area contributed by atoms with Crippen LogP contribution in [0.2, 0.25) is 0 Å². The molecule has 0 amide bonds. The van der Waals surface area contributed by atoms with E-state index in [1.807, 2.05) is 37.3 Å². The minimum atomic E-state index is -0.667. The van der Waals surface area contributed by atoms with Gasteiger partial charge < -0.3 is 4.74 Å². The van der Waals surface area contributed by atoms with Crippen LogP contribution in [0.5, 0.6) is 0 Å². The highest BCUT2D eigenvalue weighted by Gasteiger charge is 2.33. The molecule has 1 aromatic carbocycles. The van der Waals surface area contributed by atoms with Crippen molar-refractivity contribution in [1.82, 2.24) is 10.2 Å². The molecular formula is C16H25N3O. The summed E-state index contributed by atoms with van der Waals surface area (Å²) in [5.74, 6) is 0. The third kappa shape index (κ3) is 4.31. The quantitative estimate of drug-likeness (QED) is 0.748. The summed E-state index contributed by atoms with van der Waals surface area (Å²) in [7, 11) is 1.70. The van der Waals surface area contributed by atoms with Gasteiger partial charge >= 0.3 is 0 Å². The molecule has 1 unspecified atom stereocenters. The number of likely N-dealkylation sites (N-methyl/N-ethyl adjacent to an activating group) is 2. The molecular weight excluding hydrogens is 250 g/mol. The second kappa shape index (κ2) is 8.70. The maximum atomic E-state index is 9.76. The third-order valence-corrected chi connectivity index (χ3v) is 3.46. The molecule has 0 aliphatic rings. The summed E-state index contributed by atoms with van der Waals surface area (Å²) < 4.78 is 5.14. The van der Waals surface area contributed by atoms with Gasteiger partial charge in [0.2, 0.25) is 0 Å². The first-order valence-corrected chi connectivity index (χ1v) is 7.15. The van der Waals surface area contributed by atoms with Crippen LogP contribution in [0.15, 0.2) is 30.3 Å². The van der Waals surface area contributed by atoms with Gasteiger partial charge in [-0.3, -0.25) is 10.2 Å². The Kier molecular flexibility index (Phi) is 7.24. The van der Waals surface area contributed by atoms with Crippen molar-refractivity contribution in [2.24, 2.45) is 0 Å². The standard InChI is InChI=1S/C16H25N3O/c1-4-18-16(13-17,15-9-7-6-8-10-15)14-19(5-2)11-12-20-3/h6-10,18H,4-5,11-12,14H2,1-3H3. The maximum Gasteiger partial charge on any atom is 0.145 e. The van der Waals surface area contributed by atoms with Gasteiger partial charge in [0, 0.05) is 20.2 Å². The highest BCUT2D eigenvalue weighted by molar-refractivity contribution is 5.32. The van der Waals surface area contributed by atoms with Gasteiger partial charge in [-0.1, -0.05) is 44.2 Å². The fraction of sp³-hybridized carbons (Fsp3) is 0.562. The van der Waals surface area contributed by atoms with Gasteiger partial charge in [0.1, 0.15) is 5.54 Å². The number of benzene rings is 1. The van der Waals surface area contributed by atoms with Gasteiger partial charge in [0.15, 0.2) is 0 Å². The van der Waals surface area contributed by atoms with Crippen LogP contribution in [-0.4, -0.2) is 44.8 Å². The predicted octanol–water partition coefficient (Wildman–Crippen LogP) is 1.98. The molecule has 0 bridgehead atoms. The summed E-state index contributed by atoms with van der Waals surface area (Å²) in [5, 5.41) is 13.1. The average Bonchev–Trinajstić information content (AvgIpc) is 2.51. The minimum absolute atomic E-state index is 0.654. The van der Waals surface area contributed by atoms with E-state index in [-0.39, 0.29) is 0 Å². The molecule has 0 aromatic heterocycles. The lowest BCUT2D eigenvalue weighted by molar-refractivity contribution is 0.135. The monoisotopic (exact) mass is 275 g/mol. The number of ether oxygens (including phenoxy) is 1. The molecule has 0 aliphatic heterocycles. The number of nitrogens with one attached hydrogen (secondary N) is 1. The Morgan fingerprint density at radius 3 is 2.50 bits per heavy atom. The molecule has 1 atom stereocenters. The topological polar surface area (TPSA) is 48.3 Å². The Bertz CT molecular complexity index is 415. The molecule has 0 radical (unpaired) electrons. The van der Waals surface area contributed by atoms with Crippen LogP contribution in [0.1, 0.15) is 19.4 Å². The van der Waals surface area contributed by atoms with Crippen molar-refractivity contribution < 1.29 is 4.74 Å². The molecule has 1 rings (SSSR count). The molecule has 0 saturated heterocycles. The average molecular weight is 275 g/mol. The number of hydrogen-bond donors (Lipinski definition) is 1. The number of nitriles is 1. The second-order valence-electron chi connectivity index (χ2n) is 4.78. The van der Waals surface area contributed by atoms with E-state index < -0.39 is 5.54 Å². The number of methoxy groups -OCH3 is 1. The Labute approximate surface area is 122 Å². The Morgan fingerprint density at radius 1 is 1.30 bits per heavy atom. The van der Waals surface area contributed by atoms with E-state index in [0.29, 0.717) is 13.2 Å². The minimum Gasteiger partial charge on any atom is -0.383 e. The normalized spacial score (nSPS) is 13.9. The fourth-order valence-corrected chi connectivity index (χ4v) is 2.32.